The molecule has 3 amide bonds. The number of carbonyl (C=O) groups is 3. The highest BCUT2D eigenvalue weighted by atomic mass is 16.2. The quantitative estimate of drug-likeness (QED) is 0.0893. The third kappa shape index (κ3) is 19.4. The molecule has 3 aromatic carbocycles. The number of hydrogen-bond acceptors (Lipinski definition) is 3. The minimum atomic E-state index is -0.0743. The Balaban J connectivity index is 0.000000448. The van der Waals surface area contributed by atoms with Crippen molar-refractivity contribution in [2.75, 3.05) is 16.0 Å². The first-order chi connectivity index (χ1) is 30.5. The molecule has 3 N–H and O–H groups in total. The van der Waals surface area contributed by atoms with Gasteiger partial charge in [-0.25, -0.2) is 27.4 Å². The largest absolute Gasteiger partial charge is 0.348 e. The minimum Gasteiger partial charge on any atom is -0.315 e. The van der Waals surface area contributed by atoms with Crippen LogP contribution in [0.25, 0.3) is 0 Å². The molecule has 0 atom stereocenters. The number of nitrogens with one attached hydrogen (secondary N) is 3. The number of hydrogen-bond donors (Lipinski definition) is 3. The number of rotatable bonds is 15. The average Bonchev–Trinajstić information content (AvgIpc) is 3.98. The van der Waals surface area contributed by atoms with Crippen LogP contribution in [0.5, 0.6) is 0 Å². The van der Waals surface area contributed by atoms with Gasteiger partial charge in [0.2, 0.25) is 0 Å². The fourth-order valence-corrected chi connectivity index (χ4v) is 6.10. The number of carbonyl (C=O) groups excluding carboxylic acids is 3. The molecule has 12 nitrogen and oxygen atoms in total. The zero-order valence-electron chi connectivity index (χ0n) is 39.8. The average molecular weight is 879 g/mol. The number of para-hydroxylation sites is 3. The zero-order chi connectivity index (χ0) is 46.4. The lowest BCUT2D eigenvalue weighted by atomic mass is 10.3. The first-order valence-corrected chi connectivity index (χ1v) is 22.7. The van der Waals surface area contributed by atoms with Crippen molar-refractivity contribution < 1.29 is 28.1 Å². The van der Waals surface area contributed by atoms with Crippen LogP contribution in [-0.4, -0.2) is 31.4 Å². The highest BCUT2D eigenvalue weighted by Crippen LogP contribution is 2.11. The minimum absolute atomic E-state index is 0. The van der Waals surface area contributed by atoms with Crippen LogP contribution in [0.3, 0.4) is 0 Å². The van der Waals surface area contributed by atoms with Crippen molar-refractivity contribution in [1.82, 2.24) is 13.7 Å². The van der Waals surface area contributed by atoms with Crippen LogP contribution in [0.4, 0.5) is 17.1 Å². The van der Waals surface area contributed by atoms with Gasteiger partial charge in [0.25, 0.3) is 0 Å². The van der Waals surface area contributed by atoms with E-state index < -0.39 is 0 Å². The maximum Gasteiger partial charge on any atom is 0.348 e. The maximum absolute atomic E-state index is 12.3. The van der Waals surface area contributed by atoms with Gasteiger partial charge in [-0.3, -0.25) is 14.4 Å². The summed E-state index contributed by atoms with van der Waals surface area (Å²) in [4.78, 5) is 37.0. The third-order valence-electron chi connectivity index (χ3n) is 9.19. The van der Waals surface area contributed by atoms with Crippen LogP contribution in [0.2, 0.25) is 0 Å². The molecule has 0 aliphatic carbocycles. The second-order valence-electron chi connectivity index (χ2n) is 15.2. The van der Waals surface area contributed by atoms with Gasteiger partial charge in [0.1, 0.15) is 37.2 Å². The van der Waals surface area contributed by atoms with E-state index in [0.29, 0.717) is 17.5 Å². The van der Waals surface area contributed by atoms with E-state index in [1.54, 1.807) is 0 Å². The van der Waals surface area contributed by atoms with Crippen LogP contribution in [0.15, 0.2) is 128 Å². The van der Waals surface area contributed by atoms with E-state index in [4.69, 9.17) is 0 Å². The highest BCUT2D eigenvalue weighted by molar-refractivity contribution is 6.01. The predicted molar refractivity (Wildman–Crippen MR) is 263 cm³/mol. The number of imidazole rings is 3. The normalized spacial score (nSPS) is 9.84. The number of benzene rings is 3. The summed E-state index contributed by atoms with van der Waals surface area (Å²) in [6.45, 7) is 17.5. The van der Waals surface area contributed by atoms with E-state index in [9.17, 15) is 14.4 Å². The number of amides is 3. The fourth-order valence-electron chi connectivity index (χ4n) is 6.10. The molecule has 0 saturated carbocycles. The van der Waals surface area contributed by atoms with Gasteiger partial charge in [0, 0.05) is 17.1 Å². The van der Waals surface area contributed by atoms with Gasteiger partial charge >= 0.3 is 35.2 Å². The summed E-state index contributed by atoms with van der Waals surface area (Å²) >= 11 is 0. The number of aromatic nitrogens is 6. The lowest BCUT2D eigenvalue weighted by Gasteiger charge is -2.04. The van der Waals surface area contributed by atoms with E-state index >= 15 is 0 Å². The molecule has 348 valence electrons. The summed E-state index contributed by atoms with van der Waals surface area (Å²) in [6, 6.07) is 28.6. The Morgan fingerprint density at radius 3 is 0.844 bits per heavy atom. The second kappa shape index (κ2) is 32.4. The Labute approximate surface area is 385 Å². The molecular weight excluding hydrogens is 799 g/mol. The molecule has 12 heteroatoms. The molecule has 0 aliphatic rings. The van der Waals surface area contributed by atoms with E-state index in [0.717, 1.165) is 75.2 Å². The molecule has 6 rings (SSSR count). The molecule has 0 aliphatic heterocycles. The molecule has 3 heterocycles. The molecule has 0 bridgehead atoms. The topological polar surface area (TPSA) is 114 Å². The number of unbranched alkanes of at least 4 members (excludes halogenated alkanes) is 3. The van der Waals surface area contributed by atoms with Gasteiger partial charge in [0.05, 0.1) is 40.8 Å². The third-order valence-corrected chi connectivity index (χ3v) is 9.19. The van der Waals surface area contributed by atoms with Crippen molar-refractivity contribution in [3.63, 3.8) is 0 Å². The summed E-state index contributed by atoms with van der Waals surface area (Å²) < 4.78 is 11.6. The van der Waals surface area contributed by atoms with E-state index in [-0.39, 0.29) is 25.1 Å². The summed E-state index contributed by atoms with van der Waals surface area (Å²) in [5, 5.41) is 8.76. The first kappa shape index (κ1) is 55.7. The summed E-state index contributed by atoms with van der Waals surface area (Å²) in [7, 11) is 5.67. The second-order valence-corrected chi connectivity index (χ2v) is 15.2. The van der Waals surface area contributed by atoms with Crippen LogP contribution >= 0.6 is 0 Å². The highest BCUT2D eigenvalue weighted by Gasteiger charge is 2.25. The molecule has 0 saturated heterocycles. The summed E-state index contributed by atoms with van der Waals surface area (Å²) in [5.41, 5.74) is 2.45. The fraction of sp³-hybridized carbons (Fsp3) is 0.423. The van der Waals surface area contributed by atoms with Crippen LogP contribution in [-0.2, 0) is 40.8 Å². The Morgan fingerprint density at radius 1 is 0.422 bits per heavy atom. The lowest BCUT2D eigenvalue weighted by Crippen LogP contribution is -2.37. The van der Waals surface area contributed by atoms with E-state index in [1.807, 2.05) is 177 Å². The number of anilines is 3. The van der Waals surface area contributed by atoms with Crippen molar-refractivity contribution in [3.05, 3.63) is 146 Å². The predicted octanol–water partition coefficient (Wildman–Crippen LogP) is 10.6. The molecular formula is C52H80N9O3+3. The molecule has 3 aromatic heterocycles. The molecule has 0 radical (unpaired) electrons. The van der Waals surface area contributed by atoms with Gasteiger partial charge in [-0.1, -0.05) is 143 Å². The van der Waals surface area contributed by atoms with Crippen molar-refractivity contribution in [3.8, 4) is 0 Å². The van der Waals surface area contributed by atoms with Crippen LogP contribution < -0.4 is 29.7 Å². The molecule has 0 fully saturated rings. The van der Waals surface area contributed by atoms with Gasteiger partial charge < -0.3 is 16.0 Å². The van der Waals surface area contributed by atoms with Crippen molar-refractivity contribution >= 4 is 34.8 Å². The Bertz CT molecular complexity index is 1910. The number of nitrogens with zero attached hydrogens (tertiary/aromatic N) is 6. The Morgan fingerprint density at radius 2 is 0.641 bits per heavy atom. The van der Waals surface area contributed by atoms with Gasteiger partial charge in [0.15, 0.2) is 0 Å². The van der Waals surface area contributed by atoms with Crippen LogP contribution in [0, 0.1) is 0 Å². The molecule has 0 spiro atoms. The lowest BCUT2D eigenvalue weighted by molar-refractivity contribution is -0.673. The van der Waals surface area contributed by atoms with E-state index in [2.05, 4.69) is 64.4 Å². The van der Waals surface area contributed by atoms with Crippen molar-refractivity contribution in [2.24, 2.45) is 21.1 Å². The zero-order valence-corrected chi connectivity index (χ0v) is 39.8. The van der Waals surface area contributed by atoms with Gasteiger partial charge in [-0.2, -0.15) is 0 Å². The number of aryl methyl sites for hydroxylation is 6. The standard InChI is InChI=1S/3C15H19N3O.2C3H8.CH4/c3*1-3-4-10-18-12-11-17(2)15(18)14(19)16-13-8-6-5-7-9-13;2*1-3-2;/h3*5-9,11-12H,3-4,10H2,1-2H3;2*3H2,1-2H3;1H4/p+3. The van der Waals surface area contributed by atoms with Crippen molar-refractivity contribution in [2.45, 2.75) is 127 Å². The monoisotopic (exact) mass is 879 g/mol. The molecule has 6 aromatic rings. The summed E-state index contributed by atoms with van der Waals surface area (Å²) in [5.74, 6) is 1.81. The Hall–Kier alpha value is -6.30. The molecule has 0 unspecified atom stereocenters. The maximum atomic E-state index is 12.3. The SMILES string of the molecule is C.CCC.CCC.CCCCn1cc[n+](C)c1C(=O)Nc1ccccc1.CCCCn1cc[n+](C)c1C(=O)Nc1ccccc1.CCCCn1cc[n+](C)c1C(=O)Nc1ccccc1. The van der Waals surface area contributed by atoms with Gasteiger partial charge in [-0.15, -0.1) is 0 Å². The molecule has 64 heavy (non-hydrogen) atoms. The Kier molecular flexibility index (Phi) is 28.2. The van der Waals surface area contributed by atoms with E-state index in [1.165, 1.54) is 12.8 Å². The first-order valence-electron chi connectivity index (χ1n) is 22.7. The van der Waals surface area contributed by atoms with Crippen LogP contribution in [0.1, 0.15) is 139 Å². The smallest absolute Gasteiger partial charge is 0.315 e. The summed E-state index contributed by atoms with van der Waals surface area (Å²) in [6.07, 6.45) is 20.6. The van der Waals surface area contributed by atoms with Crippen molar-refractivity contribution in [1.29, 1.82) is 0 Å². The van der Waals surface area contributed by atoms with Gasteiger partial charge in [-0.05, 0) is 55.7 Å².